The SMILES string of the molecule is Cc1ccc(S(=O)(=O)Nc2ccc(F)cc2)cc1C(=O)N(C)C(C)CN. The van der Waals surface area contributed by atoms with Crippen LogP contribution in [0, 0.1) is 12.7 Å². The summed E-state index contributed by atoms with van der Waals surface area (Å²) in [4.78, 5) is 14.1. The summed E-state index contributed by atoms with van der Waals surface area (Å²) in [6, 6.07) is 9.12. The molecule has 26 heavy (non-hydrogen) atoms. The highest BCUT2D eigenvalue weighted by atomic mass is 32.2. The fourth-order valence-electron chi connectivity index (χ4n) is 2.28. The van der Waals surface area contributed by atoms with Gasteiger partial charge in [0, 0.05) is 30.9 Å². The van der Waals surface area contributed by atoms with Crippen molar-refractivity contribution in [3.63, 3.8) is 0 Å². The third-order valence-corrected chi connectivity index (χ3v) is 5.55. The van der Waals surface area contributed by atoms with E-state index in [9.17, 15) is 17.6 Å². The predicted octanol–water partition coefficient (Wildman–Crippen LogP) is 2.35. The molecular weight excluding hydrogens is 357 g/mol. The Hall–Kier alpha value is -2.45. The Morgan fingerprint density at radius 1 is 1.23 bits per heavy atom. The quantitative estimate of drug-likeness (QED) is 0.806. The first-order valence-electron chi connectivity index (χ1n) is 8.02. The standard InChI is InChI=1S/C18H22FN3O3S/c1-12-4-9-16(10-17(12)18(23)22(3)13(2)11-20)26(24,25)21-15-7-5-14(19)6-8-15/h4-10,13,21H,11,20H2,1-3H3. The van der Waals surface area contributed by atoms with Crippen LogP contribution in [0.2, 0.25) is 0 Å². The van der Waals surface area contributed by atoms with Gasteiger partial charge in [-0.3, -0.25) is 9.52 Å². The molecule has 0 radical (unpaired) electrons. The first-order valence-corrected chi connectivity index (χ1v) is 9.50. The second-order valence-corrected chi connectivity index (χ2v) is 7.77. The van der Waals surface area contributed by atoms with Crippen molar-refractivity contribution >= 4 is 21.6 Å². The number of carbonyl (C=O) groups is 1. The zero-order valence-electron chi connectivity index (χ0n) is 14.9. The van der Waals surface area contributed by atoms with E-state index >= 15 is 0 Å². The zero-order valence-corrected chi connectivity index (χ0v) is 15.7. The molecule has 0 aliphatic heterocycles. The molecule has 6 nitrogen and oxygen atoms in total. The van der Waals surface area contributed by atoms with Gasteiger partial charge in [0.1, 0.15) is 5.82 Å². The van der Waals surface area contributed by atoms with Crippen molar-refractivity contribution < 1.29 is 17.6 Å². The van der Waals surface area contributed by atoms with E-state index < -0.39 is 15.8 Å². The van der Waals surface area contributed by atoms with Crippen LogP contribution in [0.4, 0.5) is 10.1 Å². The molecule has 0 aliphatic rings. The molecule has 140 valence electrons. The summed E-state index contributed by atoms with van der Waals surface area (Å²) in [5, 5.41) is 0. The summed E-state index contributed by atoms with van der Waals surface area (Å²) in [5.74, 6) is -0.771. The Morgan fingerprint density at radius 3 is 2.42 bits per heavy atom. The number of aryl methyl sites for hydroxylation is 1. The Morgan fingerprint density at radius 2 is 1.85 bits per heavy atom. The van der Waals surface area contributed by atoms with Crippen LogP contribution in [0.1, 0.15) is 22.8 Å². The lowest BCUT2D eigenvalue weighted by Crippen LogP contribution is -2.40. The Kier molecular flexibility index (Phi) is 5.99. The van der Waals surface area contributed by atoms with Gasteiger partial charge < -0.3 is 10.6 Å². The largest absolute Gasteiger partial charge is 0.338 e. The number of carbonyl (C=O) groups excluding carboxylic acids is 1. The summed E-state index contributed by atoms with van der Waals surface area (Å²) >= 11 is 0. The van der Waals surface area contributed by atoms with Gasteiger partial charge in [0.2, 0.25) is 0 Å². The van der Waals surface area contributed by atoms with Gasteiger partial charge in [-0.15, -0.1) is 0 Å². The fourth-order valence-corrected chi connectivity index (χ4v) is 3.36. The molecule has 1 atom stereocenters. The number of hydrogen-bond donors (Lipinski definition) is 2. The van der Waals surface area contributed by atoms with E-state index in [4.69, 9.17) is 5.73 Å². The Labute approximate surface area is 152 Å². The van der Waals surface area contributed by atoms with Gasteiger partial charge in [0.05, 0.1) is 4.90 Å². The van der Waals surface area contributed by atoms with Gasteiger partial charge in [0.25, 0.3) is 15.9 Å². The number of halogens is 1. The summed E-state index contributed by atoms with van der Waals surface area (Å²) in [7, 11) is -2.30. The minimum atomic E-state index is -3.92. The van der Waals surface area contributed by atoms with Crippen molar-refractivity contribution in [2.45, 2.75) is 24.8 Å². The Bertz CT molecular complexity index is 898. The van der Waals surface area contributed by atoms with Crippen LogP contribution in [0.5, 0.6) is 0 Å². The number of nitrogens with zero attached hydrogens (tertiary/aromatic N) is 1. The third-order valence-electron chi connectivity index (χ3n) is 4.17. The molecule has 2 aromatic carbocycles. The lowest BCUT2D eigenvalue weighted by atomic mass is 10.1. The van der Waals surface area contributed by atoms with Crippen LogP contribution < -0.4 is 10.5 Å². The van der Waals surface area contributed by atoms with Gasteiger partial charge in [-0.2, -0.15) is 0 Å². The Balaban J connectivity index is 2.35. The van der Waals surface area contributed by atoms with Crippen LogP contribution in [-0.2, 0) is 10.0 Å². The van der Waals surface area contributed by atoms with Crippen molar-refractivity contribution in [2.24, 2.45) is 5.73 Å². The van der Waals surface area contributed by atoms with Crippen molar-refractivity contribution in [3.8, 4) is 0 Å². The number of rotatable bonds is 6. The highest BCUT2D eigenvalue weighted by Gasteiger charge is 2.22. The van der Waals surface area contributed by atoms with Crippen LogP contribution in [-0.4, -0.2) is 38.9 Å². The van der Waals surface area contributed by atoms with Crippen molar-refractivity contribution in [1.29, 1.82) is 0 Å². The first-order chi connectivity index (χ1) is 12.2. The van der Waals surface area contributed by atoms with E-state index in [1.807, 2.05) is 6.92 Å². The molecule has 0 spiro atoms. The number of nitrogens with two attached hydrogens (primary N) is 1. The maximum absolute atomic E-state index is 13.0. The summed E-state index contributed by atoms with van der Waals surface area (Å²) in [5.41, 5.74) is 6.77. The molecule has 0 aromatic heterocycles. The van der Waals surface area contributed by atoms with Gasteiger partial charge in [-0.05, 0) is 55.8 Å². The lowest BCUT2D eigenvalue weighted by Gasteiger charge is -2.24. The average molecular weight is 379 g/mol. The summed E-state index contributed by atoms with van der Waals surface area (Å²) < 4.78 is 40.5. The van der Waals surface area contributed by atoms with E-state index in [0.717, 1.165) is 12.1 Å². The zero-order chi connectivity index (χ0) is 19.5. The summed E-state index contributed by atoms with van der Waals surface area (Å²) in [6.45, 7) is 3.84. The molecule has 0 heterocycles. The first kappa shape index (κ1) is 19.9. The minimum Gasteiger partial charge on any atom is -0.338 e. The lowest BCUT2D eigenvalue weighted by molar-refractivity contribution is 0.0747. The minimum absolute atomic E-state index is 0.0513. The van der Waals surface area contributed by atoms with Gasteiger partial charge >= 0.3 is 0 Å². The maximum atomic E-state index is 13.0. The van der Waals surface area contributed by atoms with Gasteiger partial charge in [-0.1, -0.05) is 6.07 Å². The number of anilines is 1. The second kappa shape index (κ2) is 7.84. The molecule has 0 fully saturated rings. The molecule has 2 aromatic rings. The number of sulfonamides is 1. The number of nitrogens with one attached hydrogen (secondary N) is 1. The van der Waals surface area contributed by atoms with E-state index in [1.165, 1.54) is 29.2 Å². The van der Waals surface area contributed by atoms with Crippen molar-refractivity contribution in [1.82, 2.24) is 4.90 Å². The molecule has 1 unspecified atom stereocenters. The molecular formula is C18H22FN3O3S. The van der Waals surface area contributed by atoms with Gasteiger partial charge in [0.15, 0.2) is 0 Å². The molecule has 8 heteroatoms. The van der Waals surface area contributed by atoms with E-state index in [-0.39, 0.29) is 28.1 Å². The highest BCUT2D eigenvalue weighted by Crippen LogP contribution is 2.21. The van der Waals surface area contributed by atoms with Crippen LogP contribution in [0.25, 0.3) is 0 Å². The predicted molar refractivity (Wildman–Crippen MR) is 99.0 cm³/mol. The summed E-state index contributed by atoms with van der Waals surface area (Å²) in [6.07, 6.45) is 0. The number of amides is 1. The second-order valence-electron chi connectivity index (χ2n) is 6.09. The average Bonchev–Trinajstić information content (AvgIpc) is 2.61. The fraction of sp³-hybridized carbons (Fsp3) is 0.278. The number of hydrogen-bond acceptors (Lipinski definition) is 4. The van der Waals surface area contributed by atoms with E-state index in [1.54, 1.807) is 20.0 Å². The normalized spacial score (nSPS) is 12.5. The number of likely N-dealkylation sites (N-methyl/N-ethyl adjacent to an activating group) is 1. The van der Waals surface area contributed by atoms with Crippen LogP contribution in [0.3, 0.4) is 0 Å². The van der Waals surface area contributed by atoms with Crippen LogP contribution >= 0.6 is 0 Å². The topological polar surface area (TPSA) is 92.5 Å². The molecule has 3 N–H and O–H groups in total. The van der Waals surface area contributed by atoms with E-state index in [0.29, 0.717) is 12.1 Å². The van der Waals surface area contributed by atoms with Gasteiger partial charge in [-0.25, -0.2) is 12.8 Å². The molecule has 0 aliphatic carbocycles. The maximum Gasteiger partial charge on any atom is 0.261 e. The molecule has 0 saturated carbocycles. The van der Waals surface area contributed by atoms with Crippen molar-refractivity contribution in [2.75, 3.05) is 18.3 Å². The third kappa shape index (κ3) is 4.39. The number of benzene rings is 2. The monoisotopic (exact) mass is 379 g/mol. The molecule has 2 rings (SSSR count). The molecule has 0 bridgehead atoms. The van der Waals surface area contributed by atoms with Crippen LogP contribution in [0.15, 0.2) is 47.4 Å². The highest BCUT2D eigenvalue weighted by molar-refractivity contribution is 7.92. The van der Waals surface area contributed by atoms with E-state index in [2.05, 4.69) is 4.72 Å². The van der Waals surface area contributed by atoms with Crippen molar-refractivity contribution in [3.05, 3.63) is 59.4 Å². The molecule has 0 saturated heterocycles. The smallest absolute Gasteiger partial charge is 0.261 e. The molecule has 1 amide bonds.